The van der Waals surface area contributed by atoms with Gasteiger partial charge in [-0.2, -0.15) is 0 Å². The molecule has 1 aliphatic rings. The molecule has 1 aromatic carbocycles. The molecule has 1 heterocycles. The third-order valence-electron chi connectivity index (χ3n) is 4.14. The third kappa shape index (κ3) is 5.76. The van der Waals surface area contributed by atoms with Crippen molar-refractivity contribution in [1.29, 1.82) is 0 Å². The maximum atomic E-state index is 5.93. The van der Waals surface area contributed by atoms with Gasteiger partial charge in [-0.25, -0.2) is 0 Å². The molecular weight excluding hydrogens is 284 g/mol. The molecule has 1 atom stereocenters. The SMILES string of the molecule is CCN(CC)c1cccc(OCCC2CCCNC2)c1.Cl. The van der Waals surface area contributed by atoms with Gasteiger partial charge in [-0.05, 0) is 64.3 Å². The average Bonchev–Trinajstić information content (AvgIpc) is 2.50. The molecule has 0 saturated carbocycles. The maximum Gasteiger partial charge on any atom is 0.121 e. The minimum atomic E-state index is 0. The van der Waals surface area contributed by atoms with Crippen LogP contribution >= 0.6 is 12.4 Å². The van der Waals surface area contributed by atoms with Gasteiger partial charge in [0.15, 0.2) is 0 Å². The lowest BCUT2D eigenvalue weighted by Gasteiger charge is -2.23. The Morgan fingerprint density at radius 3 is 2.76 bits per heavy atom. The summed E-state index contributed by atoms with van der Waals surface area (Å²) >= 11 is 0. The molecule has 21 heavy (non-hydrogen) atoms. The lowest BCUT2D eigenvalue weighted by Crippen LogP contribution is -2.30. The Hall–Kier alpha value is -0.930. The minimum absolute atomic E-state index is 0. The fraction of sp³-hybridized carbons (Fsp3) is 0.647. The van der Waals surface area contributed by atoms with Gasteiger partial charge in [-0.15, -0.1) is 12.4 Å². The first-order valence-electron chi connectivity index (χ1n) is 8.02. The number of hydrogen-bond donors (Lipinski definition) is 1. The average molecular weight is 313 g/mol. The van der Waals surface area contributed by atoms with E-state index in [1.807, 2.05) is 0 Å². The van der Waals surface area contributed by atoms with Gasteiger partial charge < -0.3 is 15.0 Å². The molecule has 1 saturated heterocycles. The summed E-state index contributed by atoms with van der Waals surface area (Å²) in [7, 11) is 0. The normalized spacial score (nSPS) is 17.9. The topological polar surface area (TPSA) is 24.5 Å². The molecular formula is C17H29ClN2O. The summed E-state index contributed by atoms with van der Waals surface area (Å²) in [6.45, 7) is 9.61. The predicted molar refractivity (Wildman–Crippen MR) is 93.0 cm³/mol. The van der Waals surface area contributed by atoms with Crippen molar-refractivity contribution in [3.05, 3.63) is 24.3 Å². The van der Waals surface area contributed by atoms with E-state index >= 15 is 0 Å². The highest BCUT2D eigenvalue weighted by atomic mass is 35.5. The van der Waals surface area contributed by atoms with Crippen LogP contribution in [0, 0.1) is 5.92 Å². The second-order valence-electron chi connectivity index (χ2n) is 5.52. The van der Waals surface area contributed by atoms with Gasteiger partial charge in [0.2, 0.25) is 0 Å². The van der Waals surface area contributed by atoms with Crippen LogP contribution in [0.2, 0.25) is 0 Å². The standard InChI is InChI=1S/C17H28N2O.ClH/c1-3-19(4-2)16-8-5-9-17(13-16)20-12-10-15-7-6-11-18-14-15;/h5,8-9,13,15,18H,3-4,6-7,10-12,14H2,1-2H3;1H. The van der Waals surface area contributed by atoms with E-state index in [1.54, 1.807) is 0 Å². The number of ether oxygens (including phenoxy) is 1. The molecule has 1 unspecified atom stereocenters. The van der Waals surface area contributed by atoms with Crippen LogP contribution < -0.4 is 15.0 Å². The second kappa shape index (κ2) is 9.91. The molecule has 0 bridgehead atoms. The van der Waals surface area contributed by atoms with Gasteiger partial charge in [0.1, 0.15) is 5.75 Å². The Morgan fingerprint density at radius 2 is 2.10 bits per heavy atom. The van der Waals surface area contributed by atoms with Gasteiger partial charge in [0.25, 0.3) is 0 Å². The number of hydrogen-bond acceptors (Lipinski definition) is 3. The summed E-state index contributed by atoms with van der Waals surface area (Å²) in [5.41, 5.74) is 1.26. The molecule has 120 valence electrons. The van der Waals surface area contributed by atoms with Crippen molar-refractivity contribution in [3.8, 4) is 5.75 Å². The third-order valence-corrected chi connectivity index (χ3v) is 4.14. The number of piperidine rings is 1. The van der Waals surface area contributed by atoms with Gasteiger partial charge in [-0.1, -0.05) is 6.07 Å². The summed E-state index contributed by atoms with van der Waals surface area (Å²) < 4.78 is 5.93. The number of benzene rings is 1. The monoisotopic (exact) mass is 312 g/mol. The second-order valence-corrected chi connectivity index (χ2v) is 5.52. The Kier molecular flexibility index (Phi) is 8.55. The van der Waals surface area contributed by atoms with E-state index in [-0.39, 0.29) is 12.4 Å². The van der Waals surface area contributed by atoms with Crippen molar-refractivity contribution in [2.24, 2.45) is 5.92 Å². The molecule has 0 spiro atoms. The smallest absolute Gasteiger partial charge is 0.121 e. The molecule has 0 aliphatic carbocycles. The molecule has 1 fully saturated rings. The van der Waals surface area contributed by atoms with E-state index in [4.69, 9.17) is 4.74 Å². The Morgan fingerprint density at radius 1 is 1.29 bits per heavy atom. The minimum Gasteiger partial charge on any atom is -0.494 e. The molecule has 0 radical (unpaired) electrons. The molecule has 4 heteroatoms. The van der Waals surface area contributed by atoms with Crippen LogP contribution in [0.3, 0.4) is 0 Å². The zero-order valence-corrected chi connectivity index (χ0v) is 14.1. The zero-order valence-electron chi connectivity index (χ0n) is 13.3. The highest BCUT2D eigenvalue weighted by Gasteiger charge is 2.12. The highest BCUT2D eigenvalue weighted by Crippen LogP contribution is 2.22. The summed E-state index contributed by atoms with van der Waals surface area (Å²) in [6.07, 6.45) is 3.81. The van der Waals surface area contributed by atoms with Crippen molar-refractivity contribution < 1.29 is 4.74 Å². The first-order chi connectivity index (χ1) is 9.83. The van der Waals surface area contributed by atoms with Crippen LogP contribution in [0.25, 0.3) is 0 Å². The van der Waals surface area contributed by atoms with E-state index < -0.39 is 0 Å². The summed E-state index contributed by atoms with van der Waals surface area (Å²) in [5.74, 6) is 1.79. The number of halogens is 1. The largest absolute Gasteiger partial charge is 0.494 e. The van der Waals surface area contributed by atoms with Crippen LogP contribution in [0.5, 0.6) is 5.75 Å². The van der Waals surface area contributed by atoms with Crippen molar-refractivity contribution in [2.45, 2.75) is 33.1 Å². The molecule has 0 amide bonds. The van der Waals surface area contributed by atoms with E-state index in [0.717, 1.165) is 44.3 Å². The van der Waals surface area contributed by atoms with Crippen LogP contribution in [-0.2, 0) is 0 Å². The Labute approximate surface area is 135 Å². The number of nitrogens with one attached hydrogen (secondary N) is 1. The lowest BCUT2D eigenvalue weighted by molar-refractivity contribution is 0.254. The molecule has 3 nitrogen and oxygen atoms in total. The Balaban J connectivity index is 0.00000220. The zero-order chi connectivity index (χ0) is 14.2. The molecule has 0 aromatic heterocycles. The van der Waals surface area contributed by atoms with E-state index in [0.29, 0.717) is 0 Å². The summed E-state index contributed by atoms with van der Waals surface area (Å²) in [6, 6.07) is 8.47. The van der Waals surface area contributed by atoms with Crippen LogP contribution in [0.15, 0.2) is 24.3 Å². The van der Waals surface area contributed by atoms with E-state index in [1.165, 1.54) is 25.1 Å². The Bertz CT molecular complexity index is 390. The fourth-order valence-corrected chi connectivity index (χ4v) is 2.87. The molecule has 1 aromatic rings. The highest BCUT2D eigenvalue weighted by molar-refractivity contribution is 5.85. The quantitative estimate of drug-likeness (QED) is 0.830. The fourth-order valence-electron chi connectivity index (χ4n) is 2.87. The molecule has 1 N–H and O–H groups in total. The van der Waals surface area contributed by atoms with Crippen molar-refractivity contribution in [3.63, 3.8) is 0 Å². The summed E-state index contributed by atoms with van der Waals surface area (Å²) in [5, 5.41) is 3.46. The van der Waals surface area contributed by atoms with Crippen molar-refractivity contribution in [2.75, 3.05) is 37.7 Å². The van der Waals surface area contributed by atoms with E-state index in [9.17, 15) is 0 Å². The molecule has 2 rings (SSSR count). The van der Waals surface area contributed by atoms with Crippen LogP contribution in [-0.4, -0.2) is 32.8 Å². The van der Waals surface area contributed by atoms with Crippen LogP contribution in [0.1, 0.15) is 33.1 Å². The molecule has 1 aliphatic heterocycles. The number of anilines is 1. The number of rotatable bonds is 7. The first kappa shape index (κ1) is 18.1. The maximum absolute atomic E-state index is 5.93. The van der Waals surface area contributed by atoms with Crippen LogP contribution in [0.4, 0.5) is 5.69 Å². The van der Waals surface area contributed by atoms with Crippen molar-refractivity contribution in [1.82, 2.24) is 5.32 Å². The lowest BCUT2D eigenvalue weighted by atomic mass is 9.97. The van der Waals surface area contributed by atoms with E-state index in [2.05, 4.69) is 48.3 Å². The van der Waals surface area contributed by atoms with Gasteiger partial charge in [0, 0.05) is 24.8 Å². The first-order valence-corrected chi connectivity index (χ1v) is 8.02. The predicted octanol–water partition coefficient (Wildman–Crippen LogP) is 3.72. The summed E-state index contributed by atoms with van der Waals surface area (Å²) in [4.78, 5) is 2.35. The number of nitrogens with zero attached hydrogens (tertiary/aromatic N) is 1. The van der Waals surface area contributed by atoms with Gasteiger partial charge in [0.05, 0.1) is 6.61 Å². The van der Waals surface area contributed by atoms with Gasteiger partial charge >= 0.3 is 0 Å². The van der Waals surface area contributed by atoms with Crippen molar-refractivity contribution >= 4 is 18.1 Å². The van der Waals surface area contributed by atoms with Gasteiger partial charge in [-0.3, -0.25) is 0 Å².